The highest BCUT2D eigenvalue weighted by Gasteiger charge is 2.42. The maximum Gasteiger partial charge on any atom is 0.254 e. The average Bonchev–Trinajstić information content (AvgIpc) is 3.37. The molecule has 2 aliphatic heterocycles. The number of ether oxygens (including phenoxy) is 3. The van der Waals surface area contributed by atoms with Gasteiger partial charge in [-0.3, -0.25) is 4.79 Å². The van der Waals surface area contributed by atoms with Crippen LogP contribution in [0.4, 0.5) is 10.1 Å². The zero-order valence-electron chi connectivity index (χ0n) is 21.0. The van der Waals surface area contributed by atoms with E-state index in [1.165, 1.54) is 6.07 Å². The average molecular weight is 494 g/mol. The number of benzene rings is 2. The lowest BCUT2D eigenvalue weighted by molar-refractivity contribution is 0.0675. The first-order chi connectivity index (χ1) is 17.5. The molecule has 1 aromatic heterocycles. The van der Waals surface area contributed by atoms with Crippen molar-refractivity contribution in [1.82, 2.24) is 9.47 Å². The van der Waals surface area contributed by atoms with Crippen LogP contribution in [0.5, 0.6) is 17.2 Å². The zero-order chi connectivity index (χ0) is 25.3. The van der Waals surface area contributed by atoms with Crippen LogP contribution < -0.4 is 19.5 Å². The molecule has 0 aliphatic carbocycles. The maximum absolute atomic E-state index is 14.0. The quantitative estimate of drug-likeness (QED) is 0.480. The van der Waals surface area contributed by atoms with Gasteiger partial charge in [0.25, 0.3) is 5.91 Å². The van der Waals surface area contributed by atoms with Crippen molar-refractivity contribution in [1.29, 1.82) is 0 Å². The summed E-state index contributed by atoms with van der Waals surface area (Å²) in [7, 11) is 0. The van der Waals surface area contributed by atoms with Gasteiger partial charge in [-0.1, -0.05) is 0 Å². The van der Waals surface area contributed by atoms with E-state index in [1.807, 2.05) is 37.9 Å². The lowest BCUT2D eigenvalue weighted by atomic mass is 9.82. The second-order valence-corrected chi connectivity index (χ2v) is 9.02. The molecule has 5 rings (SSSR count). The van der Waals surface area contributed by atoms with E-state index in [9.17, 15) is 9.18 Å². The summed E-state index contributed by atoms with van der Waals surface area (Å²) in [4.78, 5) is 15.5. The summed E-state index contributed by atoms with van der Waals surface area (Å²) in [6.45, 7) is 8.16. The minimum Gasteiger partial charge on any atom is -0.490 e. The van der Waals surface area contributed by atoms with Gasteiger partial charge in [0, 0.05) is 30.5 Å². The zero-order valence-corrected chi connectivity index (χ0v) is 21.0. The van der Waals surface area contributed by atoms with Crippen LogP contribution >= 0.6 is 0 Å². The van der Waals surface area contributed by atoms with Gasteiger partial charge in [0.05, 0.1) is 36.7 Å². The molecule has 0 saturated carbocycles. The number of carbonyl (C=O) groups excluding carboxylic acids is 1. The molecular weight excluding hydrogens is 461 g/mol. The second kappa shape index (κ2) is 9.76. The number of hydrogen-bond acceptors (Lipinski definition) is 5. The lowest BCUT2D eigenvalue weighted by Crippen LogP contribution is -2.51. The number of nitrogens with one attached hydrogen (secondary N) is 1. The number of amides is 1. The Labute approximate surface area is 210 Å². The van der Waals surface area contributed by atoms with Crippen molar-refractivity contribution >= 4 is 11.6 Å². The fourth-order valence-corrected chi connectivity index (χ4v) is 5.29. The smallest absolute Gasteiger partial charge is 0.254 e. The monoisotopic (exact) mass is 493 g/mol. The molecule has 0 radical (unpaired) electrons. The van der Waals surface area contributed by atoms with Crippen molar-refractivity contribution in [2.24, 2.45) is 0 Å². The predicted molar refractivity (Wildman–Crippen MR) is 136 cm³/mol. The van der Waals surface area contributed by atoms with Crippen molar-refractivity contribution in [2.45, 2.75) is 39.2 Å². The minimum absolute atomic E-state index is 0.0764. The van der Waals surface area contributed by atoms with Crippen LogP contribution in [0.25, 0.3) is 5.69 Å². The molecule has 0 unspecified atom stereocenters. The molecule has 0 bridgehead atoms. The number of likely N-dealkylation sites (tertiary alicyclic amines) is 1. The summed E-state index contributed by atoms with van der Waals surface area (Å²) in [5.74, 6) is 1.19. The molecule has 1 fully saturated rings. The molecule has 0 atom stereocenters. The molecule has 8 heteroatoms. The van der Waals surface area contributed by atoms with Gasteiger partial charge in [-0.25, -0.2) is 4.39 Å². The summed E-state index contributed by atoms with van der Waals surface area (Å²) < 4.78 is 33.5. The van der Waals surface area contributed by atoms with Crippen LogP contribution in [-0.2, 0) is 5.54 Å². The number of carbonyl (C=O) groups is 1. The second-order valence-electron chi connectivity index (χ2n) is 9.02. The van der Waals surface area contributed by atoms with E-state index in [-0.39, 0.29) is 17.3 Å². The lowest BCUT2D eigenvalue weighted by Gasteiger charge is -2.46. The first-order valence-electron chi connectivity index (χ1n) is 12.6. The Hall–Kier alpha value is -3.68. The van der Waals surface area contributed by atoms with Gasteiger partial charge in [-0.2, -0.15) is 0 Å². The molecule has 1 N–H and O–H groups in total. The van der Waals surface area contributed by atoms with Gasteiger partial charge < -0.3 is 29.0 Å². The molecule has 2 aliphatic rings. The highest BCUT2D eigenvalue weighted by Crippen LogP contribution is 2.44. The van der Waals surface area contributed by atoms with E-state index in [1.54, 1.807) is 24.3 Å². The Morgan fingerprint density at radius 1 is 0.972 bits per heavy atom. The first-order valence-corrected chi connectivity index (χ1v) is 12.6. The van der Waals surface area contributed by atoms with Gasteiger partial charge >= 0.3 is 0 Å². The molecule has 1 saturated heterocycles. The van der Waals surface area contributed by atoms with E-state index in [0.717, 1.165) is 17.1 Å². The van der Waals surface area contributed by atoms with E-state index >= 15 is 0 Å². The van der Waals surface area contributed by atoms with Crippen LogP contribution in [0.15, 0.2) is 48.7 Å². The summed E-state index contributed by atoms with van der Waals surface area (Å²) in [6, 6.07) is 12.4. The number of nitrogens with zero attached hydrogens (tertiary/aromatic N) is 2. The number of aromatic nitrogens is 1. The third kappa shape index (κ3) is 4.14. The minimum atomic E-state index is -0.368. The fourth-order valence-electron chi connectivity index (χ4n) is 5.29. The van der Waals surface area contributed by atoms with Crippen molar-refractivity contribution in [2.75, 3.05) is 38.2 Å². The standard InChI is InChI=1S/C28H32FN3O4/c1-4-34-23-16-19(17-24(35-5-2)26(23)36-6-3)27(33)31-14-11-28(12-15-31)25-8-7-13-32(25)22-10-9-20(29)18-21(22)30-28/h7-10,13,16-18,30H,4-6,11-12,14-15H2,1-3H3. The summed E-state index contributed by atoms with van der Waals surface area (Å²) >= 11 is 0. The van der Waals surface area contributed by atoms with E-state index in [2.05, 4.69) is 16.0 Å². The molecule has 3 aromatic rings. The van der Waals surface area contributed by atoms with E-state index in [0.29, 0.717) is 68.6 Å². The van der Waals surface area contributed by atoms with Gasteiger partial charge in [-0.05, 0) is 76.1 Å². The third-order valence-electron chi connectivity index (χ3n) is 6.89. The maximum atomic E-state index is 14.0. The van der Waals surface area contributed by atoms with Crippen LogP contribution in [0.1, 0.15) is 49.7 Å². The van der Waals surface area contributed by atoms with Crippen molar-refractivity contribution in [3.63, 3.8) is 0 Å². The topological polar surface area (TPSA) is 65.0 Å². The number of piperidine rings is 1. The van der Waals surface area contributed by atoms with Crippen LogP contribution in [0.2, 0.25) is 0 Å². The van der Waals surface area contributed by atoms with Gasteiger partial charge in [0.15, 0.2) is 11.5 Å². The fraction of sp³-hybridized carbons (Fsp3) is 0.393. The summed E-state index contributed by atoms with van der Waals surface area (Å²) in [5.41, 5.74) is 2.97. The number of halogens is 1. The van der Waals surface area contributed by atoms with E-state index < -0.39 is 0 Å². The molecule has 190 valence electrons. The largest absolute Gasteiger partial charge is 0.490 e. The molecule has 2 aromatic carbocycles. The number of hydrogen-bond donors (Lipinski definition) is 1. The van der Waals surface area contributed by atoms with Crippen LogP contribution in [0.3, 0.4) is 0 Å². The Kier molecular flexibility index (Phi) is 6.51. The van der Waals surface area contributed by atoms with Crippen molar-refractivity contribution in [3.05, 3.63) is 65.7 Å². The highest BCUT2D eigenvalue weighted by atomic mass is 19.1. The van der Waals surface area contributed by atoms with Crippen molar-refractivity contribution < 1.29 is 23.4 Å². The van der Waals surface area contributed by atoms with E-state index in [4.69, 9.17) is 14.2 Å². The predicted octanol–water partition coefficient (Wildman–Crippen LogP) is 5.37. The Bertz CT molecular complexity index is 1240. The highest BCUT2D eigenvalue weighted by molar-refractivity contribution is 5.95. The Morgan fingerprint density at radius 2 is 1.64 bits per heavy atom. The van der Waals surface area contributed by atoms with Crippen molar-refractivity contribution in [3.8, 4) is 22.9 Å². The molecule has 7 nitrogen and oxygen atoms in total. The normalized spacial score (nSPS) is 15.6. The first kappa shape index (κ1) is 24.0. The molecule has 1 spiro atoms. The molecule has 3 heterocycles. The number of fused-ring (bicyclic) bond motifs is 4. The van der Waals surface area contributed by atoms with Gasteiger partial charge in [0.2, 0.25) is 5.75 Å². The summed E-state index contributed by atoms with van der Waals surface area (Å²) in [5, 5.41) is 3.61. The molecule has 1 amide bonds. The Balaban J connectivity index is 1.40. The van der Waals surface area contributed by atoms with Crippen LogP contribution in [-0.4, -0.2) is 48.3 Å². The SMILES string of the molecule is CCOc1cc(C(=O)N2CCC3(CC2)Nc2cc(F)ccc2-n2cccc23)cc(OCC)c1OCC. The molecular formula is C28H32FN3O4. The third-order valence-corrected chi connectivity index (χ3v) is 6.89. The molecule has 36 heavy (non-hydrogen) atoms. The summed E-state index contributed by atoms with van der Waals surface area (Å²) in [6.07, 6.45) is 3.41. The number of anilines is 1. The number of rotatable bonds is 7. The van der Waals surface area contributed by atoms with Gasteiger partial charge in [0.1, 0.15) is 5.82 Å². The van der Waals surface area contributed by atoms with Crippen LogP contribution in [0, 0.1) is 5.82 Å². The van der Waals surface area contributed by atoms with Gasteiger partial charge in [-0.15, -0.1) is 0 Å². The Morgan fingerprint density at radius 3 is 2.28 bits per heavy atom.